The fourth-order valence-electron chi connectivity index (χ4n) is 1.04. The second kappa shape index (κ2) is 3.26. The summed E-state index contributed by atoms with van der Waals surface area (Å²) in [5.41, 5.74) is 6.77. The Kier molecular flexibility index (Phi) is 2.33. The summed E-state index contributed by atoms with van der Waals surface area (Å²) < 4.78 is 0. The molecule has 0 atom stereocenters. The Bertz CT molecular complexity index is 307. The van der Waals surface area contributed by atoms with Crippen LogP contribution in [0.1, 0.15) is 18.1 Å². The van der Waals surface area contributed by atoms with Crippen molar-refractivity contribution in [2.75, 3.05) is 0 Å². The molecule has 0 aliphatic heterocycles. The molecule has 1 aromatic carbocycles. The molecule has 0 aliphatic rings. The van der Waals surface area contributed by atoms with Crippen LogP contribution in [0.4, 0.5) is 0 Å². The molecule has 0 bridgehead atoms. The van der Waals surface area contributed by atoms with E-state index in [1.807, 2.05) is 6.92 Å². The van der Waals surface area contributed by atoms with Crippen LogP contribution >= 0.6 is 0 Å². The Morgan fingerprint density at radius 2 is 2.25 bits per heavy atom. The van der Waals surface area contributed by atoms with E-state index in [0.717, 1.165) is 12.0 Å². The van der Waals surface area contributed by atoms with Crippen molar-refractivity contribution in [3.05, 3.63) is 29.3 Å². The van der Waals surface area contributed by atoms with Gasteiger partial charge in [0.1, 0.15) is 11.6 Å². The number of benzene rings is 1. The molecule has 0 amide bonds. The Morgan fingerprint density at radius 1 is 1.58 bits per heavy atom. The molecule has 4 N–H and O–H groups in total. The Labute approximate surface area is 71.3 Å². The van der Waals surface area contributed by atoms with Crippen LogP contribution < -0.4 is 5.73 Å². The molecule has 0 unspecified atom stereocenters. The third-order valence-corrected chi connectivity index (χ3v) is 1.77. The number of nitrogens with one attached hydrogen (secondary N) is 1. The van der Waals surface area contributed by atoms with Crippen molar-refractivity contribution < 1.29 is 5.11 Å². The smallest absolute Gasteiger partial charge is 0.122 e. The highest BCUT2D eigenvalue weighted by Gasteiger charge is 2.01. The van der Waals surface area contributed by atoms with Gasteiger partial charge in [0, 0.05) is 5.56 Å². The summed E-state index contributed by atoms with van der Waals surface area (Å²) in [5, 5.41) is 16.5. The van der Waals surface area contributed by atoms with Gasteiger partial charge >= 0.3 is 0 Å². The number of amidine groups is 1. The Hall–Kier alpha value is -1.51. The molecule has 1 aromatic rings. The lowest BCUT2D eigenvalue weighted by Crippen LogP contribution is -2.11. The molecular formula is C9H12N2O. The van der Waals surface area contributed by atoms with Crippen LogP contribution in [0, 0.1) is 5.41 Å². The zero-order valence-corrected chi connectivity index (χ0v) is 6.96. The first-order valence-corrected chi connectivity index (χ1v) is 3.81. The minimum Gasteiger partial charge on any atom is -0.508 e. The number of phenols is 1. The van der Waals surface area contributed by atoms with Crippen LogP contribution in [-0.4, -0.2) is 10.9 Å². The molecule has 0 fully saturated rings. The molecule has 3 nitrogen and oxygen atoms in total. The number of aromatic hydroxyl groups is 1. The van der Waals surface area contributed by atoms with Gasteiger partial charge in [-0.15, -0.1) is 0 Å². The Morgan fingerprint density at radius 3 is 2.75 bits per heavy atom. The zero-order valence-electron chi connectivity index (χ0n) is 6.96. The summed E-state index contributed by atoms with van der Waals surface area (Å²) in [7, 11) is 0. The van der Waals surface area contributed by atoms with Gasteiger partial charge in [-0.05, 0) is 30.2 Å². The zero-order chi connectivity index (χ0) is 9.14. The van der Waals surface area contributed by atoms with Crippen LogP contribution in [0.3, 0.4) is 0 Å². The lowest BCUT2D eigenvalue weighted by atomic mass is 10.1. The van der Waals surface area contributed by atoms with Gasteiger partial charge in [0.2, 0.25) is 0 Å². The number of phenolic OH excluding ortho intramolecular Hbond substituents is 1. The quantitative estimate of drug-likeness (QED) is 0.454. The summed E-state index contributed by atoms with van der Waals surface area (Å²) in [6.45, 7) is 1.94. The van der Waals surface area contributed by atoms with E-state index in [9.17, 15) is 5.11 Å². The average molecular weight is 164 g/mol. The van der Waals surface area contributed by atoms with Gasteiger partial charge in [-0.25, -0.2) is 0 Å². The first kappa shape index (κ1) is 8.59. The second-order valence-electron chi connectivity index (χ2n) is 2.61. The van der Waals surface area contributed by atoms with Gasteiger partial charge in [-0.3, -0.25) is 5.41 Å². The fraction of sp³-hybridized carbons (Fsp3) is 0.222. The van der Waals surface area contributed by atoms with Crippen molar-refractivity contribution >= 4 is 5.84 Å². The highest BCUT2D eigenvalue weighted by atomic mass is 16.3. The van der Waals surface area contributed by atoms with E-state index in [4.69, 9.17) is 11.1 Å². The summed E-state index contributed by atoms with van der Waals surface area (Å²) in [5.74, 6) is 0.298. The highest BCUT2D eigenvalue weighted by Crippen LogP contribution is 2.18. The van der Waals surface area contributed by atoms with E-state index >= 15 is 0 Å². The van der Waals surface area contributed by atoms with Crippen LogP contribution in [0.2, 0.25) is 0 Å². The maximum Gasteiger partial charge on any atom is 0.122 e. The summed E-state index contributed by atoms with van der Waals surface area (Å²) >= 11 is 0. The normalized spacial score (nSPS) is 9.75. The first-order chi connectivity index (χ1) is 5.65. The topological polar surface area (TPSA) is 70.1 Å². The second-order valence-corrected chi connectivity index (χ2v) is 2.61. The van der Waals surface area contributed by atoms with Gasteiger partial charge < -0.3 is 10.8 Å². The minimum atomic E-state index is 0.0321. The van der Waals surface area contributed by atoms with Crippen LogP contribution in [0.15, 0.2) is 18.2 Å². The molecular weight excluding hydrogens is 152 g/mol. The molecule has 0 saturated carbocycles. The molecule has 64 valence electrons. The Balaban J connectivity index is 3.13. The van der Waals surface area contributed by atoms with E-state index in [2.05, 4.69) is 0 Å². The molecule has 0 aromatic heterocycles. The van der Waals surface area contributed by atoms with Crippen molar-refractivity contribution in [1.29, 1.82) is 5.41 Å². The number of nitrogens with two attached hydrogens (primary N) is 1. The van der Waals surface area contributed by atoms with Gasteiger partial charge in [-0.1, -0.05) is 6.92 Å². The van der Waals surface area contributed by atoms with Gasteiger partial charge in [-0.2, -0.15) is 0 Å². The monoisotopic (exact) mass is 164 g/mol. The first-order valence-electron chi connectivity index (χ1n) is 3.81. The van der Waals surface area contributed by atoms with Crippen LogP contribution in [0.25, 0.3) is 0 Å². The third kappa shape index (κ3) is 1.56. The van der Waals surface area contributed by atoms with E-state index in [-0.39, 0.29) is 11.6 Å². The molecule has 0 heterocycles. The maximum atomic E-state index is 9.31. The van der Waals surface area contributed by atoms with Crippen molar-refractivity contribution in [3.63, 3.8) is 0 Å². The molecule has 12 heavy (non-hydrogen) atoms. The predicted molar refractivity (Wildman–Crippen MR) is 48.5 cm³/mol. The average Bonchev–Trinajstić information content (AvgIpc) is 2.05. The lowest BCUT2D eigenvalue weighted by molar-refractivity contribution is 0.469. The summed E-state index contributed by atoms with van der Waals surface area (Å²) in [6.07, 6.45) is 0.743. The lowest BCUT2D eigenvalue weighted by Gasteiger charge is -2.03. The van der Waals surface area contributed by atoms with Gasteiger partial charge in [0.05, 0.1) is 0 Å². The number of hydrogen-bond donors (Lipinski definition) is 3. The molecule has 0 saturated heterocycles. The van der Waals surface area contributed by atoms with Crippen molar-refractivity contribution in [3.8, 4) is 5.75 Å². The minimum absolute atomic E-state index is 0.0321. The molecule has 0 radical (unpaired) electrons. The van der Waals surface area contributed by atoms with Crippen LogP contribution in [0.5, 0.6) is 5.75 Å². The fourth-order valence-corrected chi connectivity index (χ4v) is 1.04. The number of rotatable bonds is 2. The van der Waals surface area contributed by atoms with E-state index in [1.54, 1.807) is 18.2 Å². The van der Waals surface area contributed by atoms with Crippen molar-refractivity contribution in [2.45, 2.75) is 13.3 Å². The largest absolute Gasteiger partial charge is 0.508 e. The number of aryl methyl sites for hydroxylation is 1. The van der Waals surface area contributed by atoms with E-state index in [0.29, 0.717) is 5.56 Å². The molecule has 1 rings (SSSR count). The van der Waals surface area contributed by atoms with Crippen LogP contribution in [-0.2, 0) is 6.42 Å². The van der Waals surface area contributed by atoms with E-state index < -0.39 is 0 Å². The van der Waals surface area contributed by atoms with Gasteiger partial charge in [0.25, 0.3) is 0 Å². The molecule has 3 heteroatoms. The summed E-state index contributed by atoms with van der Waals surface area (Å²) in [4.78, 5) is 0. The number of hydrogen-bond acceptors (Lipinski definition) is 2. The molecule has 0 spiro atoms. The van der Waals surface area contributed by atoms with Gasteiger partial charge in [0.15, 0.2) is 0 Å². The van der Waals surface area contributed by atoms with Crippen molar-refractivity contribution in [1.82, 2.24) is 0 Å². The number of nitrogen functional groups attached to an aromatic ring is 1. The van der Waals surface area contributed by atoms with E-state index in [1.165, 1.54) is 0 Å². The van der Waals surface area contributed by atoms with Crippen molar-refractivity contribution in [2.24, 2.45) is 5.73 Å². The SMILES string of the molecule is CCc1cc(C(=N)N)ccc1O. The third-order valence-electron chi connectivity index (χ3n) is 1.77. The maximum absolute atomic E-state index is 9.31. The standard InChI is InChI=1S/C9H12N2O/c1-2-6-5-7(9(10)11)3-4-8(6)12/h3-5,12H,2H2,1H3,(H3,10,11). The highest BCUT2D eigenvalue weighted by molar-refractivity contribution is 5.95. The summed E-state index contributed by atoms with van der Waals surface area (Å²) in [6, 6.07) is 4.93. The predicted octanol–water partition coefficient (Wildman–Crippen LogP) is 1.24. The molecule has 0 aliphatic carbocycles.